The van der Waals surface area contributed by atoms with Gasteiger partial charge in [-0.3, -0.25) is 9.80 Å². The van der Waals surface area contributed by atoms with Gasteiger partial charge in [-0.25, -0.2) is 0 Å². The molecule has 1 saturated heterocycles. The van der Waals surface area contributed by atoms with Crippen molar-refractivity contribution in [3.05, 3.63) is 29.8 Å². The zero-order valence-electron chi connectivity index (χ0n) is 9.35. The Labute approximate surface area is 90.9 Å². The monoisotopic (exact) mass is 206 g/mol. The highest BCUT2D eigenvalue weighted by atomic mass is 16.3. The van der Waals surface area contributed by atoms with Crippen LogP contribution in [0.3, 0.4) is 0 Å². The second-order valence-corrected chi connectivity index (χ2v) is 4.25. The molecule has 0 spiro atoms. The highest BCUT2D eigenvalue weighted by molar-refractivity contribution is 5.34. The average molecular weight is 206 g/mol. The summed E-state index contributed by atoms with van der Waals surface area (Å²) in [5.74, 6) is 0.392. The highest BCUT2D eigenvalue weighted by Gasteiger charge is 2.26. The van der Waals surface area contributed by atoms with Crippen molar-refractivity contribution in [2.75, 3.05) is 27.2 Å². The molecule has 1 fully saturated rings. The number of hydrogen-bond acceptors (Lipinski definition) is 3. The molecule has 0 aromatic heterocycles. The number of hydrogen-bond donors (Lipinski definition) is 1. The lowest BCUT2D eigenvalue weighted by molar-refractivity contribution is 0.0398. The Kier molecular flexibility index (Phi) is 2.93. The Hall–Kier alpha value is -1.06. The molecule has 1 heterocycles. The van der Waals surface area contributed by atoms with Crippen molar-refractivity contribution >= 4 is 0 Å². The lowest BCUT2D eigenvalue weighted by atomic mass is 10.1. The summed E-state index contributed by atoms with van der Waals surface area (Å²) in [6.45, 7) is 2.17. The van der Waals surface area contributed by atoms with Crippen molar-refractivity contribution < 1.29 is 5.11 Å². The van der Waals surface area contributed by atoms with Gasteiger partial charge in [0.1, 0.15) is 5.75 Å². The molecule has 0 aliphatic carbocycles. The lowest BCUT2D eigenvalue weighted by Crippen LogP contribution is -2.43. The molecule has 0 saturated carbocycles. The van der Waals surface area contributed by atoms with Crippen LogP contribution < -0.4 is 0 Å². The summed E-state index contributed by atoms with van der Waals surface area (Å²) in [6, 6.07) is 7.59. The van der Waals surface area contributed by atoms with Crippen molar-refractivity contribution in [2.45, 2.75) is 12.6 Å². The van der Waals surface area contributed by atoms with Crippen LogP contribution in [-0.2, 0) is 0 Å². The van der Waals surface area contributed by atoms with E-state index in [1.54, 1.807) is 6.07 Å². The number of nitrogens with zero attached hydrogens (tertiary/aromatic N) is 2. The van der Waals surface area contributed by atoms with E-state index in [0.717, 1.165) is 18.7 Å². The Bertz CT molecular complexity index is 330. The van der Waals surface area contributed by atoms with Gasteiger partial charge in [-0.05, 0) is 26.6 Å². The van der Waals surface area contributed by atoms with E-state index >= 15 is 0 Å². The Morgan fingerprint density at radius 3 is 2.33 bits per heavy atom. The van der Waals surface area contributed by atoms with E-state index in [1.165, 1.54) is 6.42 Å². The van der Waals surface area contributed by atoms with Crippen LogP contribution in [-0.4, -0.2) is 42.1 Å². The van der Waals surface area contributed by atoms with E-state index in [2.05, 4.69) is 23.9 Å². The van der Waals surface area contributed by atoms with Crippen molar-refractivity contribution in [1.82, 2.24) is 9.80 Å². The van der Waals surface area contributed by atoms with Crippen molar-refractivity contribution in [2.24, 2.45) is 0 Å². The van der Waals surface area contributed by atoms with Crippen LogP contribution in [0.2, 0.25) is 0 Å². The van der Waals surface area contributed by atoms with E-state index in [4.69, 9.17) is 0 Å². The molecule has 82 valence electrons. The normalized spacial score (nSPS) is 20.7. The summed E-state index contributed by atoms with van der Waals surface area (Å²) >= 11 is 0. The van der Waals surface area contributed by atoms with Crippen molar-refractivity contribution in [3.8, 4) is 5.75 Å². The van der Waals surface area contributed by atoms with Gasteiger partial charge in [0.15, 0.2) is 0 Å². The Morgan fingerprint density at radius 1 is 1.13 bits per heavy atom. The number of para-hydroxylation sites is 1. The van der Waals surface area contributed by atoms with Crippen LogP contribution in [0, 0.1) is 0 Å². The lowest BCUT2D eigenvalue weighted by Gasteiger charge is -2.40. The molecular formula is C12H18N2O. The maximum Gasteiger partial charge on any atom is 0.121 e. The summed E-state index contributed by atoms with van der Waals surface area (Å²) < 4.78 is 0. The summed E-state index contributed by atoms with van der Waals surface area (Å²) in [5, 5.41) is 9.84. The average Bonchev–Trinajstić information content (AvgIpc) is 2.20. The zero-order chi connectivity index (χ0) is 10.8. The van der Waals surface area contributed by atoms with Crippen LogP contribution >= 0.6 is 0 Å². The third-order valence-electron chi connectivity index (χ3n) is 3.07. The molecule has 1 aromatic rings. The van der Waals surface area contributed by atoms with Crippen LogP contribution in [0.5, 0.6) is 5.75 Å². The zero-order valence-corrected chi connectivity index (χ0v) is 9.35. The van der Waals surface area contributed by atoms with Gasteiger partial charge in [0.05, 0.1) is 6.17 Å². The van der Waals surface area contributed by atoms with Gasteiger partial charge in [0, 0.05) is 18.7 Å². The summed E-state index contributed by atoms with van der Waals surface area (Å²) in [5.41, 5.74) is 1.00. The van der Waals surface area contributed by atoms with Gasteiger partial charge in [-0.15, -0.1) is 0 Å². The van der Waals surface area contributed by atoms with E-state index in [-0.39, 0.29) is 6.17 Å². The van der Waals surface area contributed by atoms with Gasteiger partial charge < -0.3 is 5.11 Å². The molecule has 0 radical (unpaired) electrons. The fraction of sp³-hybridized carbons (Fsp3) is 0.500. The summed E-state index contributed by atoms with van der Waals surface area (Å²) in [4.78, 5) is 4.55. The number of phenols is 1. The molecule has 0 bridgehead atoms. The number of aromatic hydroxyl groups is 1. The molecule has 15 heavy (non-hydrogen) atoms. The number of rotatable bonds is 1. The molecular weight excluding hydrogens is 188 g/mol. The van der Waals surface area contributed by atoms with Crippen LogP contribution in [0.15, 0.2) is 24.3 Å². The molecule has 0 amide bonds. The molecule has 1 aliphatic rings. The van der Waals surface area contributed by atoms with Crippen LogP contribution in [0.1, 0.15) is 18.2 Å². The Morgan fingerprint density at radius 2 is 1.73 bits per heavy atom. The highest BCUT2D eigenvalue weighted by Crippen LogP contribution is 2.31. The molecule has 3 nitrogen and oxygen atoms in total. The maximum atomic E-state index is 9.84. The Balaban J connectivity index is 2.31. The fourth-order valence-corrected chi connectivity index (χ4v) is 2.33. The summed E-state index contributed by atoms with van der Waals surface area (Å²) in [7, 11) is 4.21. The fourth-order valence-electron chi connectivity index (χ4n) is 2.33. The molecule has 1 N–H and O–H groups in total. The molecule has 3 heteroatoms. The maximum absolute atomic E-state index is 9.84. The molecule has 1 aliphatic heterocycles. The van der Waals surface area contributed by atoms with Crippen LogP contribution in [0.4, 0.5) is 0 Å². The van der Waals surface area contributed by atoms with Gasteiger partial charge in [-0.1, -0.05) is 18.2 Å². The molecule has 1 aromatic carbocycles. The third kappa shape index (κ3) is 1.98. The van der Waals surface area contributed by atoms with Gasteiger partial charge >= 0.3 is 0 Å². The SMILES string of the molecule is CN1CCCN(C)C1c1ccccc1O. The van der Waals surface area contributed by atoms with Crippen molar-refractivity contribution in [1.29, 1.82) is 0 Å². The van der Waals surface area contributed by atoms with Gasteiger partial charge in [-0.2, -0.15) is 0 Å². The van der Waals surface area contributed by atoms with Crippen LogP contribution in [0.25, 0.3) is 0 Å². The minimum Gasteiger partial charge on any atom is -0.508 e. The quantitative estimate of drug-likeness (QED) is 0.757. The first-order valence-corrected chi connectivity index (χ1v) is 5.38. The van der Waals surface area contributed by atoms with E-state index in [0.29, 0.717) is 5.75 Å². The first-order valence-electron chi connectivity index (χ1n) is 5.38. The van der Waals surface area contributed by atoms with Crippen molar-refractivity contribution in [3.63, 3.8) is 0 Å². The molecule has 2 rings (SSSR count). The van der Waals surface area contributed by atoms with E-state index < -0.39 is 0 Å². The first-order chi connectivity index (χ1) is 7.20. The smallest absolute Gasteiger partial charge is 0.121 e. The van der Waals surface area contributed by atoms with E-state index in [9.17, 15) is 5.11 Å². The summed E-state index contributed by atoms with van der Waals surface area (Å²) in [6.07, 6.45) is 1.40. The van der Waals surface area contributed by atoms with E-state index in [1.807, 2.05) is 18.2 Å². The van der Waals surface area contributed by atoms with Gasteiger partial charge in [0.2, 0.25) is 0 Å². The predicted molar refractivity (Wildman–Crippen MR) is 60.7 cm³/mol. The minimum atomic E-state index is 0.208. The number of phenolic OH excluding ortho intramolecular Hbond substituents is 1. The molecule has 0 unspecified atom stereocenters. The second kappa shape index (κ2) is 4.21. The standard InChI is InChI=1S/C12H18N2O/c1-13-8-5-9-14(2)12(13)10-6-3-4-7-11(10)15/h3-4,6-7,12,15H,5,8-9H2,1-2H3. The molecule has 0 atom stereocenters. The second-order valence-electron chi connectivity index (χ2n) is 4.25. The predicted octanol–water partition coefficient (Wildman–Crippen LogP) is 1.66. The third-order valence-corrected chi connectivity index (χ3v) is 3.07. The number of benzene rings is 1. The minimum absolute atomic E-state index is 0.208. The van der Waals surface area contributed by atoms with Gasteiger partial charge in [0.25, 0.3) is 0 Å². The first kappa shape index (κ1) is 10.5. The largest absolute Gasteiger partial charge is 0.508 e. The topological polar surface area (TPSA) is 26.7 Å².